The second kappa shape index (κ2) is 6.03. The molecule has 0 aliphatic carbocycles. The summed E-state index contributed by atoms with van der Waals surface area (Å²) < 4.78 is 11.3. The van der Waals surface area contributed by atoms with Crippen molar-refractivity contribution in [2.24, 2.45) is 0 Å². The van der Waals surface area contributed by atoms with E-state index >= 15 is 0 Å². The maximum Gasteiger partial charge on any atom is 0.0637 e. The standard InChI is InChI=1S/C14H14ClNOS/c1-18(17)12-8-6-11(7-9-12)10-16-14-5-3-2-4-13(14)15/h2-9,16H,10H2,1H3/t18-/m1/s1. The molecule has 0 bridgehead atoms. The summed E-state index contributed by atoms with van der Waals surface area (Å²) in [6.45, 7) is 0.695. The Bertz CT molecular complexity index is 554. The van der Waals surface area contributed by atoms with E-state index in [4.69, 9.17) is 11.6 Å². The molecule has 0 aliphatic rings. The minimum atomic E-state index is -0.922. The van der Waals surface area contributed by atoms with Gasteiger partial charge in [-0.05, 0) is 29.8 Å². The van der Waals surface area contributed by atoms with E-state index in [0.29, 0.717) is 11.6 Å². The van der Waals surface area contributed by atoms with E-state index in [1.807, 2.05) is 48.5 Å². The Morgan fingerprint density at radius 3 is 2.39 bits per heavy atom. The Hall–Kier alpha value is -1.32. The summed E-state index contributed by atoms with van der Waals surface area (Å²) in [5, 5.41) is 3.98. The van der Waals surface area contributed by atoms with Crippen molar-refractivity contribution in [1.82, 2.24) is 0 Å². The molecule has 0 radical (unpaired) electrons. The summed E-state index contributed by atoms with van der Waals surface area (Å²) in [4.78, 5) is 0.844. The van der Waals surface area contributed by atoms with Crippen molar-refractivity contribution in [1.29, 1.82) is 0 Å². The van der Waals surface area contributed by atoms with Gasteiger partial charge in [-0.2, -0.15) is 0 Å². The number of halogens is 1. The van der Waals surface area contributed by atoms with Crippen LogP contribution in [-0.4, -0.2) is 10.5 Å². The molecule has 0 saturated carbocycles. The second-order valence-electron chi connectivity index (χ2n) is 3.93. The first-order chi connectivity index (χ1) is 8.66. The molecule has 0 amide bonds. The molecule has 1 atom stereocenters. The molecule has 2 aromatic carbocycles. The number of rotatable bonds is 4. The van der Waals surface area contributed by atoms with Crippen LogP contribution >= 0.6 is 11.6 Å². The fourth-order valence-corrected chi connectivity index (χ4v) is 2.32. The van der Waals surface area contributed by atoms with E-state index in [0.717, 1.165) is 16.1 Å². The van der Waals surface area contributed by atoms with Crippen LogP contribution in [0.15, 0.2) is 53.4 Å². The monoisotopic (exact) mass is 279 g/mol. The average molecular weight is 280 g/mol. The molecule has 0 heterocycles. The number of hydrogen-bond donors (Lipinski definition) is 1. The van der Waals surface area contributed by atoms with E-state index < -0.39 is 10.8 Å². The van der Waals surface area contributed by atoms with E-state index in [2.05, 4.69) is 5.32 Å². The Morgan fingerprint density at radius 1 is 1.11 bits per heavy atom. The van der Waals surface area contributed by atoms with Crippen LogP contribution in [0.1, 0.15) is 5.56 Å². The minimum absolute atomic E-state index is 0.695. The first-order valence-corrected chi connectivity index (χ1v) is 7.51. The Morgan fingerprint density at radius 2 is 1.78 bits per heavy atom. The number of anilines is 1. The molecule has 1 N–H and O–H groups in total. The molecule has 0 saturated heterocycles. The molecule has 0 aromatic heterocycles. The first kappa shape index (κ1) is 13.1. The van der Waals surface area contributed by atoms with E-state index in [9.17, 15) is 4.21 Å². The van der Waals surface area contributed by atoms with E-state index in [1.54, 1.807) is 6.26 Å². The van der Waals surface area contributed by atoms with Crippen molar-refractivity contribution < 1.29 is 4.21 Å². The molecule has 4 heteroatoms. The van der Waals surface area contributed by atoms with Gasteiger partial charge in [-0.1, -0.05) is 35.9 Å². The van der Waals surface area contributed by atoms with Gasteiger partial charge in [0.2, 0.25) is 0 Å². The van der Waals surface area contributed by atoms with Crippen LogP contribution in [0.2, 0.25) is 5.02 Å². The van der Waals surface area contributed by atoms with Gasteiger partial charge in [-0.25, -0.2) is 0 Å². The van der Waals surface area contributed by atoms with Gasteiger partial charge >= 0.3 is 0 Å². The lowest BCUT2D eigenvalue weighted by molar-refractivity contribution is 0.687. The summed E-state index contributed by atoms with van der Waals surface area (Å²) in [6.07, 6.45) is 1.68. The fourth-order valence-electron chi connectivity index (χ4n) is 1.60. The lowest BCUT2D eigenvalue weighted by Gasteiger charge is -2.08. The van der Waals surface area contributed by atoms with Gasteiger partial charge in [0.25, 0.3) is 0 Å². The van der Waals surface area contributed by atoms with Crippen LogP contribution in [0.25, 0.3) is 0 Å². The van der Waals surface area contributed by atoms with Crippen LogP contribution < -0.4 is 5.32 Å². The Kier molecular flexibility index (Phi) is 4.39. The SMILES string of the molecule is C[S@@](=O)c1ccc(CNc2ccccc2Cl)cc1. The van der Waals surface area contributed by atoms with Crippen LogP contribution in [0.3, 0.4) is 0 Å². The number of nitrogens with one attached hydrogen (secondary N) is 1. The van der Waals surface area contributed by atoms with Crippen molar-refractivity contribution >= 4 is 28.1 Å². The molecule has 2 rings (SSSR count). The van der Waals surface area contributed by atoms with Gasteiger partial charge in [-0.15, -0.1) is 0 Å². The zero-order chi connectivity index (χ0) is 13.0. The highest BCUT2D eigenvalue weighted by Crippen LogP contribution is 2.21. The molecule has 2 aromatic rings. The number of para-hydroxylation sites is 1. The van der Waals surface area contributed by atoms with Gasteiger partial charge in [-0.3, -0.25) is 4.21 Å². The zero-order valence-electron chi connectivity index (χ0n) is 10.0. The molecular formula is C14H14ClNOS. The topological polar surface area (TPSA) is 29.1 Å². The highest BCUT2D eigenvalue weighted by atomic mass is 35.5. The average Bonchev–Trinajstić information content (AvgIpc) is 2.38. The summed E-state index contributed by atoms with van der Waals surface area (Å²) in [5.74, 6) is 0. The van der Waals surface area contributed by atoms with Crippen LogP contribution in [0, 0.1) is 0 Å². The number of hydrogen-bond acceptors (Lipinski definition) is 2. The quantitative estimate of drug-likeness (QED) is 0.925. The maximum atomic E-state index is 11.3. The molecule has 0 fully saturated rings. The normalized spacial score (nSPS) is 12.1. The largest absolute Gasteiger partial charge is 0.380 e. The van der Waals surface area contributed by atoms with Crippen molar-refractivity contribution in [3.63, 3.8) is 0 Å². The van der Waals surface area contributed by atoms with Crippen LogP contribution in [0.4, 0.5) is 5.69 Å². The molecular weight excluding hydrogens is 266 g/mol. The summed E-state index contributed by atoms with van der Waals surface area (Å²) in [6, 6.07) is 15.4. The summed E-state index contributed by atoms with van der Waals surface area (Å²) in [7, 11) is -0.922. The van der Waals surface area contributed by atoms with Gasteiger partial charge in [0.05, 0.1) is 10.7 Å². The van der Waals surface area contributed by atoms with Crippen molar-refractivity contribution in [3.8, 4) is 0 Å². The van der Waals surface area contributed by atoms with Crippen molar-refractivity contribution in [2.45, 2.75) is 11.4 Å². The molecule has 18 heavy (non-hydrogen) atoms. The smallest absolute Gasteiger partial charge is 0.0637 e. The number of benzene rings is 2. The molecule has 0 spiro atoms. The van der Waals surface area contributed by atoms with Gasteiger partial charge < -0.3 is 5.32 Å². The highest BCUT2D eigenvalue weighted by molar-refractivity contribution is 7.84. The maximum absolute atomic E-state index is 11.3. The third-order valence-corrected chi connectivity index (χ3v) is 3.88. The van der Waals surface area contributed by atoms with Crippen LogP contribution in [-0.2, 0) is 17.3 Å². The zero-order valence-corrected chi connectivity index (χ0v) is 11.6. The third kappa shape index (κ3) is 3.34. The van der Waals surface area contributed by atoms with Gasteiger partial charge in [0.1, 0.15) is 0 Å². The Balaban J connectivity index is 2.02. The van der Waals surface area contributed by atoms with Gasteiger partial charge in [0, 0.05) is 28.5 Å². The van der Waals surface area contributed by atoms with Crippen molar-refractivity contribution in [2.75, 3.05) is 11.6 Å². The Labute approximate surface area is 114 Å². The molecule has 0 aliphatic heterocycles. The van der Waals surface area contributed by atoms with Crippen LogP contribution in [0.5, 0.6) is 0 Å². The predicted molar refractivity (Wildman–Crippen MR) is 77.6 cm³/mol. The van der Waals surface area contributed by atoms with E-state index in [1.165, 1.54) is 0 Å². The summed E-state index contributed by atoms with van der Waals surface area (Å²) in [5.41, 5.74) is 2.05. The molecule has 94 valence electrons. The fraction of sp³-hybridized carbons (Fsp3) is 0.143. The minimum Gasteiger partial charge on any atom is -0.380 e. The van der Waals surface area contributed by atoms with E-state index in [-0.39, 0.29) is 0 Å². The lowest BCUT2D eigenvalue weighted by Crippen LogP contribution is -2.00. The predicted octanol–water partition coefficient (Wildman–Crippen LogP) is 3.69. The lowest BCUT2D eigenvalue weighted by atomic mass is 10.2. The van der Waals surface area contributed by atoms with Gasteiger partial charge in [0.15, 0.2) is 0 Å². The first-order valence-electron chi connectivity index (χ1n) is 5.57. The summed E-state index contributed by atoms with van der Waals surface area (Å²) >= 11 is 6.05. The van der Waals surface area contributed by atoms with Crippen molar-refractivity contribution in [3.05, 3.63) is 59.1 Å². The molecule has 0 unspecified atom stereocenters. The molecule has 2 nitrogen and oxygen atoms in total. The second-order valence-corrected chi connectivity index (χ2v) is 5.72. The third-order valence-electron chi connectivity index (χ3n) is 2.61. The highest BCUT2D eigenvalue weighted by Gasteiger charge is 2.00.